The topological polar surface area (TPSA) is 69.3 Å². The SMILES string of the molecule is O=C1N(CCCNCC2CCCO2)c2ccccc2C12COc1cc3c(cc12)OCO3. The maximum absolute atomic E-state index is 13.9. The molecule has 0 bridgehead atoms. The minimum atomic E-state index is -0.821. The van der Waals surface area contributed by atoms with Crippen LogP contribution in [0.4, 0.5) is 5.69 Å². The van der Waals surface area contributed by atoms with Crippen molar-refractivity contribution in [1.29, 1.82) is 0 Å². The number of carbonyl (C=O) groups is 1. The lowest BCUT2D eigenvalue weighted by Gasteiger charge is -2.23. The number of carbonyl (C=O) groups excluding carboxylic acids is 1. The van der Waals surface area contributed by atoms with E-state index in [2.05, 4.69) is 5.32 Å². The number of ether oxygens (including phenoxy) is 4. The van der Waals surface area contributed by atoms with Gasteiger partial charge in [0.05, 0.1) is 6.10 Å². The van der Waals surface area contributed by atoms with Gasteiger partial charge >= 0.3 is 0 Å². The molecule has 1 saturated heterocycles. The molecule has 1 spiro atoms. The summed E-state index contributed by atoms with van der Waals surface area (Å²) in [6.45, 7) is 3.76. The van der Waals surface area contributed by atoms with Gasteiger partial charge in [0.25, 0.3) is 0 Å². The second-order valence-electron chi connectivity index (χ2n) is 8.56. The molecule has 1 fully saturated rings. The summed E-state index contributed by atoms with van der Waals surface area (Å²) in [7, 11) is 0. The predicted molar refractivity (Wildman–Crippen MR) is 114 cm³/mol. The lowest BCUT2D eigenvalue weighted by Crippen LogP contribution is -2.43. The van der Waals surface area contributed by atoms with E-state index in [0.717, 1.165) is 55.8 Å². The molecule has 2 unspecified atom stereocenters. The second kappa shape index (κ2) is 7.43. The number of nitrogens with zero attached hydrogens (tertiary/aromatic N) is 1. The van der Waals surface area contributed by atoms with Crippen LogP contribution in [0.5, 0.6) is 17.2 Å². The Labute approximate surface area is 181 Å². The zero-order valence-electron chi connectivity index (χ0n) is 17.4. The minimum absolute atomic E-state index is 0.0745. The van der Waals surface area contributed by atoms with Gasteiger partial charge in [-0.15, -0.1) is 0 Å². The lowest BCUT2D eigenvalue weighted by atomic mass is 9.77. The number of nitrogens with one attached hydrogen (secondary N) is 1. The summed E-state index contributed by atoms with van der Waals surface area (Å²) in [6, 6.07) is 11.8. The predicted octanol–water partition coefficient (Wildman–Crippen LogP) is 2.60. The molecule has 0 aliphatic carbocycles. The van der Waals surface area contributed by atoms with Gasteiger partial charge in [0.1, 0.15) is 17.8 Å². The lowest BCUT2D eigenvalue weighted by molar-refractivity contribution is -0.122. The van der Waals surface area contributed by atoms with Gasteiger partial charge in [-0.2, -0.15) is 0 Å². The third kappa shape index (κ3) is 2.91. The first-order valence-corrected chi connectivity index (χ1v) is 11.1. The Morgan fingerprint density at radius 1 is 1.06 bits per heavy atom. The standard InChI is InChI=1S/C24H26N2O5/c27-23-24(14-29-20-12-22-21(11-18(20)24)30-15-31-22)17-6-1-2-7-19(17)26(23)9-4-8-25-13-16-5-3-10-28-16/h1-2,6-7,11-12,16,25H,3-5,8-10,13-15H2. The zero-order chi connectivity index (χ0) is 20.8. The van der Waals surface area contributed by atoms with Gasteiger partial charge in [0.2, 0.25) is 12.7 Å². The van der Waals surface area contributed by atoms with Gasteiger partial charge in [-0.1, -0.05) is 18.2 Å². The number of anilines is 1. The summed E-state index contributed by atoms with van der Waals surface area (Å²) in [5.41, 5.74) is 2.02. The summed E-state index contributed by atoms with van der Waals surface area (Å²) in [5.74, 6) is 2.12. The molecule has 2 atom stereocenters. The number of rotatable bonds is 6. The highest BCUT2D eigenvalue weighted by molar-refractivity contribution is 6.11. The summed E-state index contributed by atoms with van der Waals surface area (Å²) < 4.78 is 22.8. The van der Waals surface area contributed by atoms with E-state index in [9.17, 15) is 4.79 Å². The van der Waals surface area contributed by atoms with Gasteiger partial charge in [-0.05, 0) is 43.5 Å². The summed E-state index contributed by atoms with van der Waals surface area (Å²) in [5, 5.41) is 3.48. The number of amides is 1. The van der Waals surface area contributed by atoms with Crippen molar-refractivity contribution in [3.8, 4) is 17.2 Å². The van der Waals surface area contributed by atoms with E-state index >= 15 is 0 Å². The second-order valence-corrected chi connectivity index (χ2v) is 8.56. The number of hydrogen-bond acceptors (Lipinski definition) is 6. The Balaban J connectivity index is 1.24. The van der Waals surface area contributed by atoms with Gasteiger partial charge in [0, 0.05) is 37.0 Å². The Kier molecular flexibility index (Phi) is 4.54. The fourth-order valence-electron chi connectivity index (χ4n) is 5.22. The Morgan fingerprint density at radius 2 is 1.94 bits per heavy atom. The summed E-state index contributed by atoms with van der Waals surface area (Å²) in [6.07, 6.45) is 3.48. The van der Waals surface area contributed by atoms with Crippen molar-refractivity contribution in [2.24, 2.45) is 0 Å². The quantitative estimate of drug-likeness (QED) is 0.722. The highest BCUT2D eigenvalue weighted by Gasteiger charge is 2.57. The van der Waals surface area contributed by atoms with Crippen LogP contribution < -0.4 is 24.4 Å². The van der Waals surface area contributed by atoms with Gasteiger partial charge < -0.3 is 29.2 Å². The van der Waals surface area contributed by atoms with Crippen LogP contribution in [-0.2, 0) is 14.9 Å². The molecule has 0 saturated carbocycles. The average Bonchev–Trinajstić information content (AvgIpc) is 3.57. The van der Waals surface area contributed by atoms with Crippen LogP contribution in [-0.4, -0.2) is 51.7 Å². The van der Waals surface area contributed by atoms with E-state index in [0.29, 0.717) is 36.5 Å². The first kappa shape index (κ1) is 19.0. The maximum atomic E-state index is 13.9. The van der Waals surface area contributed by atoms with E-state index < -0.39 is 5.41 Å². The molecule has 7 heteroatoms. The van der Waals surface area contributed by atoms with E-state index in [1.165, 1.54) is 0 Å². The molecule has 1 N–H and O–H groups in total. The van der Waals surface area contributed by atoms with Crippen LogP contribution >= 0.6 is 0 Å². The fraction of sp³-hybridized carbons (Fsp3) is 0.458. The van der Waals surface area contributed by atoms with Crippen LogP contribution in [0.15, 0.2) is 36.4 Å². The molecule has 1 amide bonds. The molecule has 6 rings (SSSR count). The molecule has 7 nitrogen and oxygen atoms in total. The van der Waals surface area contributed by atoms with Crippen molar-refractivity contribution >= 4 is 11.6 Å². The third-order valence-electron chi connectivity index (χ3n) is 6.77. The molecular weight excluding hydrogens is 396 g/mol. The van der Waals surface area contributed by atoms with Crippen LogP contribution in [0.3, 0.4) is 0 Å². The van der Waals surface area contributed by atoms with Crippen LogP contribution in [0, 0.1) is 0 Å². The van der Waals surface area contributed by atoms with Crippen molar-refractivity contribution < 1.29 is 23.7 Å². The molecule has 0 radical (unpaired) electrons. The van der Waals surface area contributed by atoms with Crippen molar-refractivity contribution in [3.63, 3.8) is 0 Å². The zero-order valence-corrected chi connectivity index (χ0v) is 17.4. The largest absolute Gasteiger partial charge is 0.491 e. The van der Waals surface area contributed by atoms with Crippen molar-refractivity contribution in [1.82, 2.24) is 5.32 Å². The van der Waals surface area contributed by atoms with E-state index in [4.69, 9.17) is 18.9 Å². The van der Waals surface area contributed by atoms with E-state index in [1.54, 1.807) is 0 Å². The van der Waals surface area contributed by atoms with Crippen LogP contribution in [0.25, 0.3) is 0 Å². The van der Waals surface area contributed by atoms with Gasteiger partial charge in [0.15, 0.2) is 11.5 Å². The van der Waals surface area contributed by atoms with Crippen LogP contribution in [0.1, 0.15) is 30.4 Å². The van der Waals surface area contributed by atoms with Crippen LogP contribution in [0.2, 0.25) is 0 Å². The highest BCUT2D eigenvalue weighted by Crippen LogP contribution is 2.54. The van der Waals surface area contributed by atoms with Gasteiger partial charge in [-0.25, -0.2) is 0 Å². The Morgan fingerprint density at radius 3 is 2.81 bits per heavy atom. The monoisotopic (exact) mass is 422 g/mol. The summed E-state index contributed by atoms with van der Waals surface area (Å²) in [4.78, 5) is 15.8. The number of fused-ring (bicyclic) bond motifs is 5. The molecule has 31 heavy (non-hydrogen) atoms. The molecule has 162 valence electrons. The Hall–Kier alpha value is -2.77. The van der Waals surface area contributed by atoms with Crippen molar-refractivity contribution in [2.75, 3.05) is 44.5 Å². The smallest absolute Gasteiger partial charge is 0.245 e. The van der Waals surface area contributed by atoms with Crippen molar-refractivity contribution in [2.45, 2.75) is 30.8 Å². The Bertz CT molecular complexity index is 1020. The molecule has 4 heterocycles. The number of para-hydroxylation sites is 1. The fourth-order valence-corrected chi connectivity index (χ4v) is 5.22. The van der Waals surface area contributed by atoms with Gasteiger partial charge in [-0.3, -0.25) is 4.79 Å². The number of hydrogen-bond donors (Lipinski definition) is 1. The maximum Gasteiger partial charge on any atom is 0.245 e. The molecule has 2 aromatic carbocycles. The first-order chi connectivity index (χ1) is 15.3. The molecule has 4 aliphatic heterocycles. The molecule has 0 aromatic heterocycles. The third-order valence-corrected chi connectivity index (χ3v) is 6.77. The molecular formula is C24H26N2O5. The van der Waals surface area contributed by atoms with E-state index in [1.807, 2.05) is 41.3 Å². The minimum Gasteiger partial charge on any atom is -0.491 e. The van der Waals surface area contributed by atoms with E-state index in [-0.39, 0.29) is 12.7 Å². The van der Waals surface area contributed by atoms with Crippen molar-refractivity contribution in [3.05, 3.63) is 47.5 Å². The molecule has 4 aliphatic rings. The normalized spacial score (nSPS) is 25.2. The average molecular weight is 422 g/mol. The summed E-state index contributed by atoms with van der Waals surface area (Å²) >= 11 is 0. The molecule has 2 aromatic rings. The first-order valence-electron chi connectivity index (χ1n) is 11.1. The number of benzene rings is 2. The highest BCUT2D eigenvalue weighted by atomic mass is 16.7.